The number of nitrogens with one attached hydrogen (secondary N) is 2. The van der Waals surface area contributed by atoms with Crippen LogP contribution in [0.1, 0.15) is 29.0 Å². The number of nitrogens with zero attached hydrogens (tertiary/aromatic N) is 2. The highest BCUT2D eigenvalue weighted by atomic mass is 16.3. The average molecular weight is 364 g/mol. The number of furan rings is 1. The fraction of sp³-hybridized carbons (Fsp3) is 0.333. The van der Waals surface area contributed by atoms with Crippen molar-refractivity contribution in [3.8, 4) is 17.1 Å². The molecule has 2 N–H and O–H groups in total. The Hall–Kier alpha value is -2.86. The van der Waals surface area contributed by atoms with Gasteiger partial charge < -0.3 is 15.1 Å². The molecule has 1 aromatic carbocycles. The summed E-state index contributed by atoms with van der Waals surface area (Å²) in [5.74, 6) is 1.75. The van der Waals surface area contributed by atoms with Gasteiger partial charge in [0.2, 0.25) is 0 Å². The molecule has 0 saturated carbocycles. The van der Waals surface area contributed by atoms with Crippen LogP contribution in [0.25, 0.3) is 17.1 Å². The van der Waals surface area contributed by atoms with Gasteiger partial charge in [-0.3, -0.25) is 4.79 Å². The highest BCUT2D eigenvalue weighted by molar-refractivity contribution is 5.99. The van der Waals surface area contributed by atoms with Gasteiger partial charge in [-0.15, -0.1) is 0 Å². The SMILES string of the molecule is Cc1ccc(-c2nn(-c3ccccc3)cc2C(=O)NCC2CCCNC2)o1. The first-order chi connectivity index (χ1) is 13.2. The summed E-state index contributed by atoms with van der Waals surface area (Å²) < 4.78 is 7.46. The molecule has 140 valence electrons. The molecule has 0 aliphatic carbocycles. The lowest BCUT2D eigenvalue weighted by molar-refractivity contribution is 0.0945. The van der Waals surface area contributed by atoms with Gasteiger partial charge in [-0.25, -0.2) is 4.68 Å². The van der Waals surface area contributed by atoms with E-state index in [1.165, 1.54) is 0 Å². The summed E-state index contributed by atoms with van der Waals surface area (Å²) in [4.78, 5) is 12.9. The van der Waals surface area contributed by atoms with Crippen molar-refractivity contribution in [3.63, 3.8) is 0 Å². The maximum absolute atomic E-state index is 12.9. The molecule has 3 heterocycles. The maximum Gasteiger partial charge on any atom is 0.255 e. The molecule has 6 heteroatoms. The first-order valence-corrected chi connectivity index (χ1v) is 9.41. The van der Waals surface area contributed by atoms with Crippen LogP contribution in [0, 0.1) is 12.8 Å². The summed E-state index contributed by atoms with van der Waals surface area (Å²) in [5, 5.41) is 11.1. The monoisotopic (exact) mass is 364 g/mol. The van der Waals surface area contributed by atoms with Crippen LogP contribution in [-0.2, 0) is 0 Å². The van der Waals surface area contributed by atoms with Gasteiger partial charge in [0.25, 0.3) is 5.91 Å². The van der Waals surface area contributed by atoms with Crippen molar-refractivity contribution in [2.75, 3.05) is 19.6 Å². The molecule has 1 fully saturated rings. The Bertz CT molecular complexity index is 907. The molecule has 0 bridgehead atoms. The van der Waals surface area contributed by atoms with E-state index in [1.54, 1.807) is 10.9 Å². The van der Waals surface area contributed by atoms with Gasteiger partial charge in [0.05, 0.1) is 11.3 Å². The Morgan fingerprint density at radius 3 is 2.85 bits per heavy atom. The minimum Gasteiger partial charge on any atom is -0.460 e. The van der Waals surface area contributed by atoms with Crippen LogP contribution in [0.3, 0.4) is 0 Å². The van der Waals surface area contributed by atoms with Crippen LogP contribution in [0.5, 0.6) is 0 Å². The van der Waals surface area contributed by atoms with Crippen molar-refractivity contribution in [2.24, 2.45) is 5.92 Å². The Balaban J connectivity index is 1.61. The van der Waals surface area contributed by atoms with Gasteiger partial charge >= 0.3 is 0 Å². The third-order valence-corrected chi connectivity index (χ3v) is 4.90. The van der Waals surface area contributed by atoms with E-state index >= 15 is 0 Å². The number of amides is 1. The van der Waals surface area contributed by atoms with Crippen LogP contribution >= 0.6 is 0 Å². The molecule has 1 aliphatic rings. The molecule has 2 aromatic heterocycles. The molecule has 0 radical (unpaired) electrons. The maximum atomic E-state index is 12.9. The topological polar surface area (TPSA) is 72.1 Å². The molecular weight excluding hydrogens is 340 g/mol. The van der Waals surface area contributed by atoms with E-state index in [2.05, 4.69) is 15.7 Å². The Morgan fingerprint density at radius 1 is 1.30 bits per heavy atom. The molecule has 1 unspecified atom stereocenters. The van der Waals surface area contributed by atoms with E-state index in [4.69, 9.17) is 4.42 Å². The van der Waals surface area contributed by atoms with Gasteiger partial charge in [-0.05, 0) is 63.0 Å². The van der Waals surface area contributed by atoms with E-state index in [9.17, 15) is 4.79 Å². The third kappa shape index (κ3) is 3.95. The molecule has 27 heavy (non-hydrogen) atoms. The minimum absolute atomic E-state index is 0.119. The number of carbonyl (C=O) groups is 1. The Kier molecular flexibility index (Phi) is 5.07. The predicted octanol–water partition coefficient (Wildman–Crippen LogP) is 3.17. The van der Waals surface area contributed by atoms with Crippen LogP contribution in [-0.4, -0.2) is 35.3 Å². The smallest absolute Gasteiger partial charge is 0.255 e. The molecule has 1 saturated heterocycles. The van der Waals surface area contributed by atoms with Crippen molar-refractivity contribution in [3.05, 3.63) is 60.0 Å². The molecule has 0 spiro atoms. The number of benzene rings is 1. The fourth-order valence-corrected chi connectivity index (χ4v) is 3.43. The first-order valence-electron chi connectivity index (χ1n) is 9.41. The highest BCUT2D eigenvalue weighted by Crippen LogP contribution is 2.25. The van der Waals surface area contributed by atoms with Gasteiger partial charge in [0, 0.05) is 12.7 Å². The molecule has 4 rings (SSSR count). The number of hydrogen-bond donors (Lipinski definition) is 2. The lowest BCUT2D eigenvalue weighted by Crippen LogP contribution is -2.38. The number of carbonyl (C=O) groups excluding carboxylic acids is 1. The lowest BCUT2D eigenvalue weighted by Gasteiger charge is -2.22. The quantitative estimate of drug-likeness (QED) is 0.729. The van der Waals surface area contributed by atoms with Gasteiger partial charge in [0.15, 0.2) is 5.76 Å². The number of hydrogen-bond acceptors (Lipinski definition) is 4. The zero-order chi connectivity index (χ0) is 18.6. The molecule has 1 amide bonds. The van der Waals surface area contributed by atoms with E-state index in [-0.39, 0.29) is 5.91 Å². The second kappa shape index (κ2) is 7.80. The summed E-state index contributed by atoms with van der Waals surface area (Å²) in [5.41, 5.74) is 1.99. The summed E-state index contributed by atoms with van der Waals surface area (Å²) in [6.45, 7) is 4.57. The Morgan fingerprint density at radius 2 is 2.15 bits per heavy atom. The lowest BCUT2D eigenvalue weighted by atomic mass is 9.99. The molecule has 1 aliphatic heterocycles. The van der Waals surface area contributed by atoms with Gasteiger partial charge in [-0.2, -0.15) is 5.10 Å². The van der Waals surface area contributed by atoms with Crippen LogP contribution in [0.2, 0.25) is 0 Å². The minimum atomic E-state index is -0.119. The summed E-state index contributed by atoms with van der Waals surface area (Å²) in [6.07, 6.45) is 4.07. The van der Waals surface area contributed by atoms with Gasteiger partial charge in [-0.1, -0.05) is 18.2 Å². The average Bonchev–Trinajstić information content (AvgIpc) is 3.34. The van der Waals surface area contributed by atoms with E-state index in [1.807, 2.05) is 49.4 Å². The van der Waals surface area contributed by atoms with Crippen molar-refractivity contribution in [1.29, 1.82) is 0 Å². The van der Waals surface area contributed by atoms with Crippen LogP contribution in [0.4, 0.5) is 0 Å². The number of para-hydroxylation sites is 1. The second-order valence-corrected chi connectivity index (χ2v) is 7.00. The number of aryl methyl sites for hydroxylation is 1. The largest absolute Gasteiger partial charge is 0.460 e. The van der Waals surface area contributed by atoms with E-state index < -0.39 is 0 Å². The number of aromatic nitrogens is 2. The van der Waals surface area contributed by atoms with Gasteiger partial charge in [0.1, 0.15) is 11.5 Å². The summed E-state index contributed by atoms with van der Waals surface area (Å²) in [7, 11) is 0. The summed E-state index contributed by atoms with van der Waals surface area (Å²) in [6, 6.07) is 13.5. The zero-order valence-corrected chi connectivity index (χ0v) is 15.4. The fourth-order valence-electron chi connectivity index (χ4n) is 3.43. The van der Waals surface area contributed by atoms with Crippen LogP contribution in [0.15, 0.2) is 53.1 Å². The Labute approximate surface area is 158 Å². The second-order valence-electron chi connectivity index (χ2n) is 7.00. The standard InChI is InChI=1S/C21H24N4O2/c1-15-9-10-19(27-15)20-18(14-25(24-20)17-7-3-2-4-8-17)21(26)23-13-16-6-5-11-22-12-16/h2-4,7-10,14,16,22H,5-6,11-13H2,1H3,(H,23,26). The van der Waals surface area contributed by atoms with E-state index in [0.29, 0.717) is 29.5 Å². The van der Waals surface area contributed by atoms with E-state index in [0.717, 1.165) is 37.4 Å². The van der Waals surface area contributed by atoms with Crippen molar-refractivity contribution < 1.29 is 9.21 Å². The highest BCUT2D eigenvalue weighted by Gasteiger charge is 2.22. The third-order valence-electron chi connectivity index (χ3n) is 4.90. The molecule has 1 atom stereocenters. The first kappa shape index (κ1) is 17.5. The van der Waals surface area contributed by atoms with Crippen molar-refractivity contribution in [2.45, 2.75) is 19.8 Å². The summed E-state index contributed by atoms with van der Waals surface area (Å²) >= 11 is 0. The van der Waals surface area contributed by atoms with Crippen molar-refractivity contribution in [1.82, 2.24) is 20.4 Å². The number of rotatable bonds is 5. The van der Waals surface area contributed by atoms with Crippen molar-refractivity contribution >= 4 is 5.91 Å². The number of piperidine rings is 1. The molecule has 3 aromatic rings. The zero-order valence-electron chi connectivity index (χ0n) is 15.4. The predicted molar refractivity (Wildman–Crippen MR) is 104 cm³/mol. The molecule has 6 nitrogen and oxygen atoms in total. The van der Waals surface area contributed by atoms with Crippen LogP contribution < -0.4 is 10.6 Å². The normalized spacial score (nSPS) is 17.0. The molecular formula is C21H24N4O2.